The molecule has 0 unspecified atom stereocenters. The molecular weight excluding hydrogens is 296 g/mol. The Balaban J connectivity index is 2.16. The summed E-state index contributed by atoms with van der Waals surface area (Å²) < 4.78 is 26.0. The number of nitrogens with one attached hydrogen (secondary N) is 1. The molecule has 2 heterocycles. The molecule has 0 aliphatic rings. The molecule has 0 aliphatic carbocycles. The van der Waals surface area contributed by atoms with Gasteiger partial charge in [-0.15, -0.1) is 0 Å². The standard InChI is InChI=1S/C12H16N4O2S2/c1-3-13-12-14-6-11(7-15-12)20(17,18)16(2)8-10-4-5-19-9-10/h4-7,9H,3,8H2,1-2H3,(H,13,14,15). The molecule has 1 N–H and O–H groups in total. The summed E-state index contributed by atoms with van der Waals surface area (Å²) in [5, 5.41) is 6.77. The first-order valence-electron chi connectivity index (χ1n) is 6.07. The van der Waals surface area contributed by atoms with Gasteiger partial charge in [0.25, 0.3) is 0 Å². The maximum atomic E-state index is 12.4. The van der Waals surface area contributed by atoms with E-state index in [1.54, 1.807) is 18.4 Å². The third-order valence-corrected chi connectivity index (χ3v) is 5.14. The second kappa shape index (κ2) is 6.29. The number of anilines is 1. The number of hydrogen-bond donors (Lipinski definition) is 1. The van der Waals surface area contributed by atoms with Crippen LogP contribution in [-0.2, 0) is 16.6 Å². The summed E-state index contributed by atoms with van der Waals surface area (Å²) in [7, 11) is -2.01. The Hall–Kier alpha value is -1.51. The van der Waals surface area contributed by atoms with Crippen molar-refractivity contribution in [2.45, 2.75) is 18.4 Å². The summed E-state index contributed by atoms with van der Waals surface area (Å²) >= 11 is 1.54. The first-order chi connectivity index (χ1) is 9.54. The third-order valence-electron chi connectivity index (χ3n) is 2.66. The van der Waals surface area contributed by atoms with Crippen molar-refractivity contribution < 1.29 is 8.42 Å². The minimum Gasteiger partial charge on any atom is -0.355 e. The highest BCUT2D eigenvalue weighted by Gasteiger charge is 2.22. The Morgan fingerprint density at radius 1 is 1.35 bits per heavy atom. The predicted octanol–water partition coefficient (Wildman–Crippen LogP) is 1.79. The Morgan fingerprint density at radius 2 is 2.05 bits per heavy atom. The van der Waals surface area contributed by atoms with Gasteiger partial charge in [-0.2, -0.15) is 15.6 Å². The number of sulfonamides is 1. The molecule has 20 heavy (non-hydrogen) atoms. The van der Waals surface area contributed by atoms with Crippen LogP contribution in [0.2, 0.25) is 0 Å². The van der Waals surface area contributed by atoms with Crippen molar-refractivity contribution in [3.8, 4) is 0 Å². The van der Waals surface area contributed by atoms with Gasteiger partial charge in [-0.3, -0.25) is 0 Å². The van der Waals surface area contributed by atoms with Gasteiger partial charge < -0.3 is 5.32 Å². The van der Waals surface area contributed by atoms with Gasteiger partial charge in [-0.1, -0.05) is 0 Å². The van der Waals surface area contributed by atoms with Gasteiger partial charge in [-0.05, 0) is 29.3 Å². The van der Waals surface area contributed by atoms with Gasteiger partial charge in [0.15, 0.2) is 0 Å². The van der Waals surface area contributed by atoms with E-state index in [2.05, 4.69) is 15.3 Å². The molecule has 0 aliphatic heterocycles. The van der Waals surface area contributed by atoms with Gasteiger partial charge in [0.2, 0.25) is 16.0 Å². The van der Waals surface area contributed by atoms with Crippen LogP contribution in [0.5, 0.6) is 0 Å². The molecule has 0 aromatic carbocycles. The molecule has 0 radical (unpaired) electrons. The van der Waals surface area contributed by atoms with Crippen molar-refractivity contribution in [2.24, 2.45) is 0 Å². The lowest BCUT2D eigenvalue weighted by Crippen LogP contribution is -2.26. The van der Waals surface area contributed by atoms with Crippen LogP contribution < -0.4 is 5.32 Å². The summed E-state index contributed by atoms with van der Waals surface area (Å²) in [4.78, 5) is 8.07. The topological polar surface area (TPSA) is 75.2 Å². The van der Waals surface area contributed by atoms with Crippen molar-refractivity contribution in [1.82, 2.24) is 14.3 Å². The van der Waals surface area contributed by atoms with E-state index in [0.29, 0.717) is 19.0 Å². The average Bonchev–Trinajstić information content (AvgIpc) is 2.92. The van der Waals surface area contributed by atoms with Crippen molar-refractivity contribution in [3.63, 3.8) is 0 Å². The summed E-state index contributed by atoms with van der Waals surface area (Å²) in [5.74, 6) is 0.423. The zero-order valence-corrected chi connectivity index (χ0v) is 12.9. The highest BCUT2D eigenvalue weighted by molar-refractivity contribution is 7.89. The van der Waals surface area contributed by atoms with Crippen molar-refractivity contribution in [1.29, 1.82) is 0 Å². The van der Waals surface area contributed by atoms with Crippen molar-refractivity contribution in [3.05, 3.63) is 34.8 Å². The zero-order valence-electron chi connectivity index (χ0n) is 11.3. The zero-order chi connectivity index (χ0) is 14.6. The second-order valence-corrected chi connectivity index (χ2v) is 6.99. The average molecular weight is 312 g/mol. The quantitative estimate of drug-likeness (QED) is 0.880. The highest BCUT2D eigenvalue weighted by atomic mass is 32.2. The SMILES string of the molecule is CCNc1ncc(S(=O)(=O)N(C)Cc2ccsc2)cn1. The number of aromatic nitrogens is 2. The maximum Gasteiger partial charge on any atom is 0.246 e. The predicted molar refractivity (Wildman–Crippen MR) is 79.2 cm³/mol. The number of nitrogens with zero attached hydrogens (tertiary/aromatic N) is 3. The molecule has 0 saturated heterocycles. The molecule has 2 aromatic rings. The minimum absolute atomic E-state index is 0.0943. The van der Waals surface area contributed by atoms with Crippen LogP contribution in [0.1, 0.15) is 12.5 Å². The van der Waals surface area contributed by atoms with Crippen LogP contribution in [0.15, 0.2) is 34.1 Å². The number of hydrogen-bond acceptors (Lipinski definition) is 6. The van der Waals surface area contributed by atoms with Crippen LogP contribution in [0, 0.1) is 0 Å². The van der Waals surface area contributed by atoms with E-state index in [1.807, 2.05) is 23.8 Å². The Labute approximate surface area is 122 Å². The normalized spacial score (nSPS) is 11.8. The molecule has 108 valence electrons. The fourth-order valence-electron chi connectivity index (χ4n) is 1.60. The van der Waals surface area contributed by atoms with E-state index in [9.17, 15) is 8.42 Å². The molecule has 6 nitrogen and oxygen atoms in total. The van der Waals surface area contributed by atoms with Gasteiger partial charge in [-0.25, -0.2) is 18.4 Å². The summed E-state index contributed by atoms with van der Waals surface area (Å²) in [5.41, 5.74) is 0.964. The van der Waals surface area contributed by atoms with Crippen LogP contribution in [0.3, 0.4) is 0 Å². The Kier molecular flexibility index (Phi) is 4.69. The summed E-state index contributed by atoms with van der Waals surface area (Å²) in [6, 6.07) is 1.90. The molecule has 2 rings (SSSR count). The van der Waals surface area contributed by atoms with E-state index in [1.165, 1.54) is 16.7 Å². The van der Waals surface area contributed by atoms with Gasteiger partial charge in [0.1, 0.15) is 4.90 Å². The van der Waals surface area contributed by atoms with Crippen molar-refractivity contribution >= 4 is 27.3 Å². The molecule has 0 fully saturated rings. The van der Waals surface area contributed by atoms with Gasteiger partial charge in [0, 0.05) is 20.1 Å². The highest BCUT2D eigenvalue weighted by Crippen LogP contribution is 2.17. The number of rotatable bonds is 6. The molecule has 8 heteroatoms. The van der Waals surface area contributed by atoms with Crippen LogP contribution in [0.4, 0.5) is 5.95 Å². The lowest BCUT2D eigenvalue weighted by molar-refractivity contribution is 0.466. The van der Waals surface area contributed by atoms with E-state index in [0.717, 1.165) is 5.56 Å². The minimum atomic E-state index is -3.56. The lowest BCUT2D eigenvalue weighted by Gasteiger charge is -2.16. The molecule has 0 spiro atoms. The van der Waals surface area contributed by atoms with Gasteiger partial charge in [0.05, 0.1) is 12.4 Å². The first kappa shape index (κ1) is 14.9. The first-order valence-corrected chi connectivity index (χ1v) is 8.45. The second-order valence-electron chi connectivity index (χ2n) is 4.17. The van der Waals surface area contributed by atoms with Gasteiger partial charge >= 0.3 is 0 Å². The summed E-state index contributed by atoms with van der Waals surface area (Å²) in [6.45, 7) is 2.94. The van der Waals surface area contributed by atoms with E-state index >= 15 is 0 Å². The van der Waals surface area contributed by atoms with E-state index < -0.39 is 10.0 Å². The monoisotopic (exact) mass is 312 g/mol. The largest absolute Gasteiger partial charge is 0.355 e. The Bertz CT molecular complexity index is 639. The van der Waals surface area contributed by atoms with E-state index in [-0.39, 0.29) is 4.90 Å². The van der Waals surface area contributed by atoms with E-state index in [4.69, 9.17) is 0 Å². The smallest absolute Gasteiger partial charge is 0.246 e. The fraction of sp³-hybridized carbons (Fsp3) is 0.333. The van der Waals surface area contributed by atoms with Crippen molar-refractivity contribution in [2.75, 3.05) is 18.9 Å². The van der Waals surface area contributed by atoms with Crippen LogP contribution in [-0.4, -0.2) is 36.3 Å². The molecule has 0 saturated carbocycles. The van der Waals surface area contributed by atoms with Crippen LogP contribution in [0.25, 0.3) is 0 Å². The molecule has 2 aromatic heterocycles. The van der Waals surface area contributed by atoms with Crippen LogP contribution >= 0.6 is 11.3 Å². The Morgan fingerprint density at radius 3 is 2.60 bits per heavy atom. The third kappa shape index (κ3) is 3.33. The fourth-order valence-corrected chi connectivity index (χ4v) is 3.31. The molecule has 0 atom stereocenters. The molecule has 0 amide bonds. The lowest BCUT2D eigenvalue weighted by atomic mass is 10.3. The maximum absolute atomic E-state index is 12.4. The summed E-state index contributed by atoms with van der Waals surface area (Å²) in [6.07, 6.45) is 2.65. The number of thiophene rings is 1. The molecule has 0 bridgehead atoms. The molecular formula is C12H16N4O2S2.